The van der Waals surface area contributed by atoms with Crippen molar-refractivity contribution in [1.82, 2.24) is 20.4 Å². The highest BCUT2D eigenvalue weighted by Crippen LogP contribution is 2.13. The molecule has 1 atom stereocenters. The minimum absolute atomic E-state index is 0.107. The van der Waals surface area contributed by atoms with Gasteiger partial charge in [0.15, 0.2) is 0 Å². The number of nitrogens with zero attached hydrogens (tertiary/aromatic N) is 2. The van der Waals surface area contributed by atoms with Crippen LogP contribution in [0, 0.1) is 12.3 Å². The van der Waals surface area contributed by atoms with Gasteiger partial charge in [0.25, 0.3) is 0 Å². The molecule has 0 aliphatic rings. The lowest BCUT2D eigenvalue weighted by Gasteiger charge is -2.15. The summed E-state index contributed by atoms with van der Waals surface area (Å²) in [6, 6.07) is 9.49. The molecule has 1 unspecified atom stereocenters. The van der Waals surface area contributed by atoms with Crippen LogP contribution in [0.5, 0.6) is 0 Å². The number of hydrogen-bond donors (Lipinski definition) is 2. The van der Waals surface area contributed by atoms with E-state index >= 15 is 0 Å². The Balaban J connectivity index is 2.01. The van der Waals surface area contributed by atoms with Gasteiger partial charge < -0.3 is 10.6 Å². The Labute approximate surface area is 124 Å². The first kappa shape index (κ1) is 14.8. The maximum atomic E-state index is 11.8. The monoisotopic (exact) mass is 282 g/mol. The van der Waals surface area contributed by atoms with Gasteiger partial charge in [0, 0.05) is 18.9 Å². The summed E-state index contributed by atoms with van der Waals surface area (Å²) in [4.78, 5) is 11.8. The van der Waals surface area contributed by atoms with Crippen molar-refractivity contribution >= 4 is 5.91 Å². The molecule has 2 aromatic rings. The number of rotatable bonds is 6. The molecule has 0 bridgehead atoms. The standard InChI is InChI=1S/C16H18N4O/c1-3-9-17-16(21)13(2)18-12-14-7-4-5-8-15(14)20-11-6-10-19-20/h1,4-8,10-11,13,18H,9,12H2,2H3,(H,17,21). The summed E-state index contributed by atoms with van der Waals surface area (Å²) in [5.74, 6) is 2.28. The predicted molar refractivity (Wildman–Crippen MR) is 81.7 cm³/mol. The summed E-state index contributed by atoms with van der Waals surface area (Å²) in [6.45, 7) is 2.62. The van der Waals surface area contributed by atoms with Crippen molar-refractivity contribution in [1.29, 1.82) is 0 Å². The van der Waals surface area contributed by atoms with E-state index in [0.29, 0.717) is 6.54 Å². The lowest BCUT2D eigenvalue weighted by atomic mass is 10.1. The van der Waals surface area contributed by atoms with Crippen LogP contribution in [-0.2, 0) is 11.3 Å². The highest BCUT2D eigenvalue weighted by Gasteiger charge is 2.12. The van der Waals surface area contributed by atoms with Crippen molar-refractivity contribution in [3.05, 3.63) is 48.3 Å². The lowest BCUT2D eigenvalue weighted by Crippen LogP contribution is -2.42. The maximum absolute atomic E-state index is 11.8. The number of hydrogen-bond acceptors (Lipinski definition) is 3. The van der Waals surface area contributed by atoms with E-state index in [4.69, 9.17) is 6.42 Å². The number of benzene rings is 1. The number of carbonyl (C=O) groups is 1. The molecule has 0 aliphatic heterocycles. The van der Waals surface area contributed by atoms with Gasteiger partial charge in [-0.05, 0) is 24.6 Å². The van der Waals surface area contributed by atoms with E-state index in [1.54, 1.807) is 10.9 Å². The van der Waals surface area contributed by atoms with Crippen molar-refractivity contribution < 1.29 is 4.79 Å². The van der Waals surface area contributed by atoms with Crippen LogP contribution in [-0.4, -0.2) is 28.3 Å². The van der Waals surface area contributed by atoms with E-state index in [9.17, 15) is 4.79 Å². The highest BCUT2D eigenvalue weighted by molar-refractivity contribution is 5.81. The summed E-state index contributed by atoms with van der Waals surface area (Å²) >= 11 is 0. The van der Waals surface area contributed by atoms with Crippen LogP contribution in [0.2, 0.25) is 0 Å². The first-order valence-electron chi connectivity index (χ1n) is 6.75. The molecule has 0 fully saturated rings. The number of amides is 1. The zero-order valence-electron chi connectivity index (χ0n) is 11.9. The molecule has 0 saturated carbocycles. The van der Waals surface area contributed by atoms with Crippen LogP contribution in [0.4, 0.5) is 0 Å². The van der Waals surface area contributed by atoms with E-state index in [1.165, 1.54) is 0 Å². The van der Waals surface area contributed by atoms with E-state index in [0.717, 1.165) is 11.3 Å². The SMILES string of the molecule is C#CCNC(=O)C(C)NCc1ccccc1-n1cccn1. The van der Waals surface area contributed by atoms with E-state index < -0.39 is 0 Å². The Bertz CT molecular complexity index is 628. The molecule has 5 nitrogen and oxygen atoms in total. The molecule has 5 heteroatoms. The molecule has 1 heterocycles. The molecule has 2 N–H and O–H groups in total. The van der Waals surface area contributed by atoms with E-state index in [1.807, 2.05) is 43.5 Å². The van der Waals surface area contributed by atoms with Crippen molar-refractivity contribution in [3.8, 4) is 18.0 Å². The topological polar surface area (TPSA) is 59.0 Å². The van der Waals surface area contributed by atoms with Crippen LogP contribution in [0.25, 0.3) is 5.69 Å². The summed E-state index contributed by atoms with van der Waals surface area (Å²) in [7, 11) is 0. The maximum Gasteiger partial charge on any atom is 0.237 e. The van der Waals surface area contributed by atoms with Gasteiger partial charge in [0.2, 0.25) is 5.91 Å². The van der Waals surface area contributed by atoms with Gasteiger partial charge in [-0.25, -0.2) is 4.68 Å². The average Bonchev–Trinajstić information content (AvgIpc) is 3.04. The summed E-state index contributed by atoms with van der Waals surface area (Å²) in [5, 5.41) is 10.1. The Kier molecular flexibility index (Phi) is 5.13. The molecule has 21 heavy (non-hydrogen) atoms. The second kappa shape index (κ2) is 7.27. The lowest BCUT2D eigenvalue weighted by molar-refractivity contribution is -0.122. The minimum atomic E-state index is -0.316. The summed E-state index contributed by atoms with van der Waals surface area (Å²) in [6.07, 6.45) is 8.75. The van der Waals surface area contributed by atoms with Gasteiger partial charge in [-0.3, -0.25) is 4.79 Å². The summed E-state index contributed by atoms with van der Waals surface area (Å²) in [5.41, 5.74) is 2.06. The average molecular weight is 282 g/mol. The van der Waals surface area contributed by atoms with Crippen molar-refractivity contribution in [2.45, 2.75) is 19.5 Å². The fourth-order valence-corrected chi connectivity index (χ4v) is 1.94. The van der Waals surface area contributed by atoms with E-state index in [-0.39, 0.29) is 18.5 Å². The minimum Gasteiger partial charge on any atom is -0.344 e. The van der Waals surface area contributed by atoms with Crippen molar-refractivity contribution in [3.63, 3.8) is 0 Å². The number of aromatic nitrogens is 2. The molecule has 2 rings (SSSR count). The molecule has 1 amide bonds. The Morgan fingerprint density at radius 3 is 2.95 bits per heavy atom. The molecule has 0 aliphatic carbocycles. The smallest absolute Gasteiger partial charge is 0.237 e. The Hall–Kier alpha value is -2.58. The van der Waals surface area contributed by atoms with Crippen LogP contribution < -0.4 is 10.6 Å². The predicted octanol–water partition coefficient (Wildman–Crippen LogP) is 1.10. The number of para-hydroxylation sites is 1. The van der Waals surface area contributed by atoms with Crippen LogP contribution in [0.1, 0.15) is 12.5 Å². The first-order chi connectivity index (χ1) is 10.2. The highest BCUT2D eigenvalue weighted by atomic mass is 16.2. The van der Waals surface area contributed by atoms with Gasteiger partial charge in [-0.2, -0.15) is 5.10 Å². The van der Waals surface area contributed by atoms with Gasteiger partial charge >= 0.3 is 0 Å². The van der Waals surface area contributed by atoms with Crippen LogP contribution in [0.15, 0.2) is 42.7 Å². The Morgan fingerprint density at radius 1 is 1.43 bits per heavy atom. The molecule has 0 spiro atoms. The van der Waals surface area contributed by atoms with Crippen molar-refractivity contribution in [2.75, 3.05) is 6.54 Å². The fourth-order valence-electron chi connectivity index (χ4n) is 1.94. The van der Waals surface area contributed by atoms with E-state index in [2.05, 4.69) is 21.7 Å². The molecule has 108 valence electrons. The molecule has 1 aromatic carbocycles. The van der Waals surface area contributed by atoms with Gasteiger partial charge in [-0.1, -0.05) is 24.1 Å². The second-order valence-electron chi connectivity index (χ2n) is 4.60. The molecular formula is C16H18N4O. The van der Waals surface area contributed by atoms with Gasteiger partial charge in [0.05, 0.1) is 18.3 Å². The normalized spacial score (nSPS) is 11.6. The molecular weight excluding hydrogens is 264 g/mol. The number of nitrogens with one attached hydrogen (secondary N) is 2. The third kappa shape index (κ3) is 3.94. The van der Waals surface area contributed by atoms with Gasteiger partial charge in [0.1, 0.15) is 0 Å². The Morgan fingerprint density at radius 2 is 2.24 bits per heavy atom. The number of carbonyl (C=O) groups excluding carboxylic acids is 1. The fraction of sp³-hybridized carbons (Fsp3) is 0.250. The van der Waals surface area contributed by atoms with Gasteiger partial charge in [-0.15, -0.1) is 6.42 Å². The molecule has 0 radical (unpaired) electrons. The quantitative estimate of drug-likeness (QED) is 0.780. The number of terminal acetylenes is 1. The van der Waals surface area contributed by atoms with Crippen LogP contribution in [0.3, 0.4) is 0 Å². The third-order valence-corrected chi connectivity index (χ3v) is 3.10. The third-order valence-electron chi connectivity index (χ3n) is 3.10. The summed E-state index contributed by atoms with van der Waals surface area (Å²) < 4.78 is 1.81. The first-order valence-corrected chi connectivity index (χ1v) is 6.75. The second-order valence-corrected chi connectivity index (χ2v) is 4.60. The van der Waals surface area contributed by atoms with Crippen molar-refractivity contribution in [2.24, 2.45) is 0 Å². The largest absolute Gasteiger partial charge is 0.344 e. The van der Waals surface area contributed by atoms with Crippen LogP contribution >= 0.6 is 0 Å². The zero-order valence-corrected chi connectivity index (χ0v) is 11.9. The molecule has 1 aromatic heterocycles. The molecule has 0 saturated heterocycles. The zero-order chi connectivity index (χ0) is 15.1.